The minimum Gasteiger partial charge on any atom is -0.314 e. The molecule has 0 spiro atoms. The first-order valence-corrected chi connectivity index (χ1v) is 9.50. The molecule has 4 aromatic heterocycles. The highest BCUT2D eigenvalue weighted by Gasteiger charge is 2.12. The van der Waals surface area contributed by atoms with E-state index in [4.69, 9.17) is 0 Å². The average molecular weight is 373 g/mol. The first kappa shape index (κ1) is 15.9. The van der Waals surface area contributed by atoms with Gasteiger partial charge in [-0.15, -0.1) is 16.4 Å². The summed E-state index contributed by atoms with van der Waals surface area (Å²) >= 11 is 1.70. The van der Waals surface area contributed by atoms with Gasteiger partial charge < -0.3 is 4.57 Å². The van der Waals surface area contributed by atoms with Gasteiger partial charge in [0.25, 0.3) is 11.3 Å². The highest BCUT2D eigenvalue weighted by atomic mass is 32.1. The minimum atomic E-state index is -0.0600. The van der Waals surface area contributed by atoms with Crippen LogP contribution in [0.4, 0.5) is 0 Å². The highest BCUT2D eigenvalue weighted by Crippen LogP contribution is 2.17. The number of nitrogens with zero attached hydrogens (tertiary/aromatic N) is 5. The molecule has 5 aromatic rings. The normalized spacial score (nSPS) is 11.4. The molecule has 0 radical (unpaired) electrons. The van der Waals surface area contributed by atoms with Crippen molar-refractivity contribution in [2.24, 2.45) is 0 Å². The van der Waals surface area contributed by atoms with Crippen molar-refractivity contribution in [1.82, 2.24) is 24.1 Å². The predicted octanol–water partition coefficient (Wildman–Crippen LogP) is 3.41. The molecule has 0 aliphatic rings. The second kappa shape index (κ2) is 6.44. The fourth-order valence-electron chi connectivity index (χ4n) is 3.13. The number of aromatic nitrogens is 5. The van der Waals surface area contributed by atoms with Gasteiger partial charge in [0.15, 0.2) is 5.82 Å². The van der Waals surface area contributed by atoms with E-state index in [1.807, 2.05) is 54.0 Å². The largest absolute Gasteiger partial charge is 0.314 e. The molecule has 0 saturated carbocycles. The third-order valence-electron chi connectivity index (χ3n) is 4.52. The van der Waals surface area contributed by atoms with Gasteiger partial charge in [-0.2, -0.15) is 9.50 Å². The van der Waals surface area contributed by atoms with Crippen molar-refractivity contribution in [2.75, 3.05) is 0 Å². The Labute approximate surface area is 158 Å². The van der Waals surface area contributed by atoms with E-state index in [1.165, 1.54) is 4.88 Å². The Morgan fingerprint density at radius 1 is 1.04 bits per heavy atom. The van der Waals surface area contributed by atoms with E-state index in [0.717, 1.165) is 12.0 Å². The van der Waals surface area contributed by atoms with Crippen LogP contribution < -0.4 is 5.56 Å². The van der Waals surface area contributed by atoms with Crippen molar-refractivity contribution in [3.63, 3.8) is 0 Å². The molecular weight excluding hydrogens is 358 g/mol. The zero-order valence-corrected chi connectivity index (χ0v) is 15.1. The van der Waals surface area contributed by atoms with Gasteiger partial charge in [-0.25, -0.2) is 4.98 Å². The lowest BCUT2D eigenvalue weighted by Gasteiger charge is -2.06. The van der Waals surface area contributed by atoms with Gasteiger partial charge in [0.1, 0.15) is 0 Å². The highest BCUT2D eigenvalue weighted by molar-refractivity contribution is 7.09. The molecule has 0 aliphatic carbocycles. The summed E-state index contributed by atoms with van der Waals surface area (Å²) < 4.78 is 3.37. The third kappa shape index (κ3) is 2.82. The van der Waals surface area contributed by atoms with Crippen LogP contribution in [0, 0.1) is 0 Å². The van der Waals surface area contributed by atoms with Crippen molar-refractivity contribution in [2.45, 2.75) is 13.0 Å². The number of pyridine rings is 1. The molecule has 0 atom stereocenters. The van der Waals surface area contributed by atoms with E-state index in [-0.39, 0.29) is 5.56 Å². The number of fused-ring (bicyclic) bond motifs is 3. The lowest BCUT2D eigenvalue weighted by molar-refractivity contribution is 0.679. The van der Waals surface area contributed by atoms with Crippen molar-refractivity contribution in [1.29, 1.82) is 0 Å². The van der Waals surface area contributed by atoms with Crippen LogP contribution >= 0.6 is 11.3 Å². The zero-order chi connectivity index (χ0) is 18.2. The Morgan fingerprint density at radius 2 is 1.93 bits per heavy atom. The number of rotatable bonds is 4. The first-order valence-electron chi connectivity index (χ1n) is 8.62. The van der Waals surface area contributed by atoms with Gasteiger partial charge in [-0.1, -0.05) is 36.4 Å². The summed E-state index contributed by atoms with van der Waals surface area (Å²) in [5.74, 6) is 1.08. The first-order chi connectivity index (χ1) is 13.3. The average Bonchev–Trinajstić information content (AvgIpc) is 3.38. The summed E-state index contributed by atoms with van der Waals surface area (Å²) in [7, 11) is 0. The molecule has 7 heteroatoms. The molecular formula is C20H15N5OS. The molecule has 0 N–H and O–H groups in total. The molecule has 4 heterocycles. The maximum absolute atomic E-state index is 12.9. The Hall–Kier alpha value is -3.32. The lowest BCUT2D eigenvalue weighted by Crippen LogP contribution is -2.21. The van der Waals surface area contributed by atoms with Gasteiger partial charge in [0.2, 0.25) is 0 Å². The quantitative estimate of drug-likeness (QED) is 0.484. The van der Waals surface area contributed by atoms with Crippen LogP contribution in [0.5, 0.6) is 0 Å². The van der Waals surface area contributed by atoms with Crippen molar-refractivity contribution >= 4 is 28.0 Å². The molecule has 6 nitrogen and oxygen atoms in total. The van der Waals surface area contributed by atoms with Crippen LogP contribution in [0.15, 0.2) is 71.1 Å². The monoisotopic (exact) mass is 373 g/mol. The van der Waals surface area contributed by atoms with Gasteiger partial charge in [0.05, 0.1) is 10.9 Å². The maximum atomic E-state index is 12.9. The van der Waals surface area contributed by atoms with E-state index in [2.05, 4.69) is 21.1 Å². The fourth-order valence-corrected chi connectivity index (χ4v) is 3.83. The van der Waals surface area contributed by atoms with Gasteiger partial charge in [-0.05, 0) is 23.9 Å². The number of hydrogen-bond donors (Lipinski definition) is 0. The smallest absolute Gasteiger partial charge is 0.261 e. The molecule has 0 fully saturated rings. The summed E-state index contributed by atoms with van der Waals surface area (Å²) in [6.45, 7) is 0.639. The van der Waals surface area contributed by atoms with Crippen molar-refractivity contribution in [3.8, 4) is 11.4 Å². The number of benzene rings is 1. The number of hydrogen-bond acceptors (Lipinski definition) is 5. The van der Waals surface area contributed by atoms with Gasteiger partial charge in [-0.3, -0.25) is 4.79 Å². The Balaban J connectivity index is 1.58. The molecule has 0 amide bonds. The van der Waals surface area contributed by atoms with E-state index in [1.54, 1.807) is 26.6 Å². The zero-order valence-electron chi connectivity index (χ0n) is 14.3. The standard InChI is InChI=1S/C20H15N5OS/c26-19-16-13-21-20-22-18(14-5-2-1-3-6-14)23-25(20)17(16)9-11-24(19)10-8-15-7-4-12-27-15/h1-7,9,11-13H,8,10H2. The number of thiophene rings is 1. The molecule has 0 saturated heterocycles. The van der Waals surface area contributed by atoms with Gasteiger partial charge in [0, 0.05) is 29.4 Å². The van der Waals surface area contributed by atoms with E-state index in [9.17, 15) is 4.79 Å². The van der Waals surface area contributed by atoms with Crippen LogP contribution in [-0.2, 0) is 13.0 Å². The Morgan fingerprint density at radius 3 is 2.74 bits per heavy atom. The van der Waals surface area contributed by atoms with Crippen molar-refractivity contribution < 1.29 is 0 Å². The van der Waals surface area contributed by atoms with E-state index in [0.29, 0.717) is 29.0 Å². The predicted molar refractivity (Wildman–Crippen MR) is 106 cm³/mol. The van der Waals surface area contributed by atoms with Crippen LogP contribution in [0.1, 0.15) is 4.88 Å². The number of aryl methyl sites for hydroxylation is 2. The van der Waals surface area contributed by atoms with E-state index < -0.39 is 0 Å². The summed E-state index contributed by atoms with van der Waals surface area (Å²) in [4.78, 5) is 23.0. The van der Waals surface area contributed by atoms with Crippen LogP contribution in [0.3, 0.4) is 0 Å². The van der Waals surface area contributed by atoms with Crippen molar-refractivity contribution in [3.05, 3.63) is 81.5 Å². The molecule has 0 aliphatic heterocycles. The van der Waals surface area contributed by atoms with Gasteiger partial charge >= 0.3 is 0 Å². The molecule has 27 heavy (non-hydrogen) atoms. The van der Waals surface area contributed by atoms with E-state index >= 15 is 0 Å². The lowest BCUT2D eigenvalue weighted by atomic mass is 10.2. The maximum Gasteiger partial charge on any atom is 0.261 e. The Kier molecular flexibility index (Phi) is 3.79. The Bertz CT molecular complexity index is 1290. The summed E-state index contributed by atoms with van der Waals surface area (Å²) in [6, 6.07) is 15.8. The fraction of sp³-hybridized carbons (Fsp3) is 0.100. The molecule has 5 rings (SSSR count). The summed E-state index contributed by atoms with van der Waals surface area (Å²) in [6.07, 6.45) is 4.25. The summed E-state index contributed by atoms with van der Waals surface area (Å²) in [5.41, 5.74) is 1.57. The molecule has 1 aromatic carbocycles. The van der Waals surface area contributed by atoms with Crippen LogP contribution in [0.2, 0.25) is 0 Å². The van der Waals surface area contributed by atoms with Crippen LogP contribution in [-0.4, -0.2) is 24.1 Å². The molecule has 0 unspecified atom stereocenters. The summed E-state index contributed by atoms with van der Waals surface area (Å²) in [5, 5.41) is 7.16. The topological polar surface area (TPSA) is 65.1 Å². The molecule has 132 valence electrons. The minimum absolute atomic E-state index is 0.0600. The SMILES string of the molecule is O=c1c2cnc3nc(-c4ccccc4)nn3c2ccn1CCc1cccs1. The third-order valence-corrected chi connectivity index (χ3v) is 5.45. The second-order valence-corrected chi connectivity index (χ2v) is 7.25. The molecule has 0 bridgehead atoms. The second-order valence-electron chi connectivity index (χ2n) is 6.21. The van der Waals surface area contributed by atoms with Crippen LogP contribution in [0.25, 0.3) is 28.1 Å².